The standard InChI is InChI=1S/C47H35F2N/c1-46(2,3)50(42-27-14-13-26-41(42)48)43-29-31(28-36(45(43)49)30-16-5-4-6-17-30)32-21-15-25-40-44(32)35-20-9-12-24-39(35)47(40)37-22-10-7-18-33(37)34-19-8-11-23-38(34)47/h4-29H,1-3H3/i13D,14D,26D,27D. The summed E-state index contributed by atoms with van der Waals surface area (Å²) < 4.78 is 67.4. The first-order valence-electron chi connectivity index (χ1n) is 18.8. The second-order valence-electron chi connectivity index (χ2n) is 14.0. The van der Waals surface area contributed by atoms with E-state index in [0.717, 1.165) is 27.8 Å². The van der Waals surface area contributed by atoms with E-state index in [9.17, 15) is 0 Å². The third kappa shape index (κ3) is 4.23. The number of nitrogens with zero attached hydrogens (tertiary/aromatic N) is 1. The average Bonchev–Trinajstić information content (AvgIpc) is 3.66. The van der Waals surface area contributed by atoms with E-state index in [4.69, 9.17) is 5.48 Å². The molecule has 0 fully saturated rings. The molecule has 0 heterocycles. The van der Waals surface area contributed by atoms with Crippen LogP contribution in [-0.2, 0) is 5.41 Å². The summed E-state index contributed by atoms with van der Waals surface area (Å²) in [5.74, 6) is -1.77. The predicted molar refractivity (Wildman–Crippen MR) is 202 cm³/mol. The highest BCUT2D eigenvalue weighted by molar-refractivity contribution is 6.00. The van der Waals surface area contributed by atoms with Crippen molar-refractivity contribution in [3.63, 3.8) is 0 Å². The molecular formula is C47H35F2N. The first-order chi connectivity index (χ1) is 26.0. The zero-order valence-corrected chi connectivity index (χ0v) is 27.9. The lowest BCUT2D eigenvalue weighted by Gasteiger charge is -2.38. The molecule has 0 aromatic heterocycles. The molecule has 2 aliphatic carbocycles. The van der Waals surface area contributed by atoms with Gasteiger partial charge in [0.05, 0.1) is 22.3 Å². The van der Waals surface area contributed by atoms with Crippen molar-refractivity contribution < 1.29 is 14.3 Å². The molecule has 0 N–H and O–H groups in total. The van der Waals surface area contributed by atoms with Gasteiger partial charge in [-0.15, -0.1) is 0 Å². The Morgan fingerprint density at radius 2 is 1.06 bits per heavy atom. The largest absolute Gasteiger partial charge is 0.331 e. The molecule has 0 amide bonds. The Morgan fingerprint density at radius 1 is 0.520 bits per heavy atom. The van der Waals surface area contributed by atoms with Crippen LogP contribution in [0.4, 0.5) is 20.2 Å². The molecule has 0 unspecified atom stereocenters. The fourth-order valence-corrected chi connectivity index (χ4v) is 8.40. The van der Waals surface area contributed by atoms with Crippen molar-refractivity contribution in [2.45, 2.75) is 31.7 Å². The van der Waals surface area contributed by atoms with Gasteiger partial charge in [0.15, 0.2) is 5.82 Å². The van der Waals surface area contributed by atoms with Gasteiger partial charge in [0.25, 0.3) is 0 Å². The molecule has 1 spiro atoms. The summed E-state index contributed by atoms with van der Waals surface area (Å²) >= 11 is 0. The normalized spacial score (nSPS) is 14.6. The van der Waals surface area contributed by atoms with E-state index in [1.807, 2.05) is 54.6 Å². The average molecular weight is 656 g/mol. The summed E-state index contributed by atoms with van der Waals surface area (Å²) in [5, 5.41) is 0. The molecule has 7 aromatic carbocycles. The van der Waals surface area contributed by atoms with Gasteiger partial charge in [-0.3, -0.25) is 0 Å². The van der Waals surface area contributed by atoms with Crippen LogP contribution in [0, 0.1) is 11.6 Å². The quantitative estimate of drug-likeness (QED) is 0.182. The number of rotatable bonds is 4. The molecular weight excluding hydrogens is 617 g/mol. The van der Waals surface area contributed by atoms with Crippen LogP contribution in [0.5, 0.6) is 0 Å². The van der Waals surface area contributed by atoms with Gasteiger partial charge in [0.1, 0.15) is 5.82 Å². The molecule has 0 saturated carbocycles. The fourth-order valence-electron chi connectivity index (χ4n) is 8.40. The maximum Gasteiger partial charge on any atom is 0.154 e. The number of anilines is 2. The number of fused-ring (bicyclic) bond motifs is 10. The highest BCUT2D eigenvalue weighted by Gasteiger charge is 2.52. The Labute approximate surface area is 297 Å². The Kier molecular flexibility index (Phi) is 5.81. The lowest BCUT2D eigenvalue weighted by molar-refractivity contribution is 0.527. The summed E-state index contributed by atoms with van der Waals surface area (Å²) in [6.45, 7) is 5.33. The SMILES string of the molecule is [2H]c1c([2H])c([2H])c(N(c2cc(-c3cccc4c3-c3ccccc3C43c4ccccc4-c4ccccc43)cc(-c3ccccc3)c2F)C(C)(C)C)c(F)c1[2H]. The number of para-hydroxylation sites is 1. The number of hydrogen-bond acceptors (Lipinski definition) is 1. The van der Waals surface area contributed by atoms with E-state index in [-0.39, 0.29) is 11.3 Å². The second kappa shape index (κ2) is 11.1. The highest BCUT2D eigenvalue weighted by Crippen LogP contribution is 2.64. The summed E-state index contributed by atoms with van der Waals surface area (Å²) in [7, 11) is 0. The third-order valence-electron chi connectivity index (χ3n) is 10.2. The summed E-state index contributed by atoms with van der Waals surface area (Å²) in [6.07, 6.45) is 0. The van der Waals surface area contributed by atoms with E-state index < -0.39 is 52.4 Å². The smallest absolute Gasteiger partial charge is 0.154 e. The topological polar surface area (TPSA) is 3.24 Å². The van der Waals surface area contributed by atoms with Crippen LogP contribution in [0.25, 0.3) is 44.5 Å². The van der Waals surface area contributed by atoms with Gasteiger partial charge < -0.3 is 4.90 Å². The van der Waals surface area contributed by atoms with Gasteiger partial charge >= 0.3 is 0 Å². The molecule has 2 aliphatic rings. The van der Waals surface area contributed by atoms with Gasteiger partial charge in [0, 0.05) is 11.1 Å². The van der Waals surface area contributed by atoms with E-state index in [1.165, 1.54) is 27.2 Å². The van der Waals surface area contributed by atoms with Gasteiger partial charge in [0.2, 0.25) is 0 Å². The molecule has 1 nitrogen and oxygen atoms in total. The van der Waals surface area contributed by atoms with Crippen LogP contribution in [0.1, 0.15) is 48.5 Å². The maximum absolute atomic E-state index is 17.4. The van der Waals surface area contributed by atoms with Crippen molar-refractivity contribution in [3.8, 4) is 44.5 Å². The molecule has 9 rings (SSSR count). The van der Waals surface area contributed by atoms with Crippen LogP contribution >= 0.6 is 0 Å². The third-order valence-corrected chi connectivity index (χ3v) is 10.2. The maximum atomic E-state index is 17.4. The van der Waals surface area contributed by atoms with Crippen molar-refractivity contribution in [3.05, 3.63) is 192 Å². The van der Waals surface area contributed by atoms with Gasteiger partial charge in [-0.1, -0.05) is 133 Å². The van der Waals surface area contributed by atoms with E-state index in [1.54, 1.807) is 26.8 Å². The molecule has 7 aromatic rings. The first kappa shape index (κ1) is 26.1. The van der Waals surface area contributed by atoms with E-state index in [0.29, 0.717) is 11.1 Å². The number of halogens is 2. The van der Waals surface area contributed by atoms with E-state index in [2.05, 4.69) is 72.8 Å². The van der Waals surface area contributed by atoms with Gasteiger partial charge in [-0.05, 0) is 106 Å². The predicted octanol–water partition coefficient (Wildman–Crippen LogP) is 12.6. The summed E-state index contributed by atoms with van der Waals surface area (Å²) in [5.41, 5.74) is 9.55. The lowest BCUT2D eigenvalue weighted by atomic mass is 9.70. The van der Waals surface area contributed by atoms with Crippen molar-refractivity contribution >= 4 is 11.4 Å². The van der Waals surface area contributed by atoms with Crippen molar-refractivity contribution in [2.24, 2.45) is 0 Å². The van der Waals surface area contributed by atoms with Crippen molar-refractivity contribution in [2.75, 3.05) is 4.90 Å². The Morgan fingerprint density at radius 3 is 1.72 bits per heavy atom. The zero-order valence-electron chi connectivity index (χ0n) is 31.9. The summed E-state index contributed by atoms with van der Waals surface area (Å²) in [6, 6.07) is 42.0. The van der Waals surface area contributed by atoms with Crippen LogP contribution in [0.3, 0.4) is 0 Å². The molecule has 0 radical (unpaired) electrons. The molecule has 242 valence electrons. The number of benzene rings is 7. The van der Waals surface area contributed by atoms with Crippen molar-refractivity contribution in [1.29, 1.82) is 0 Å². The molecule has 0 saturated heterocycles. The lowest BCUT2D eigenvalue weighted by Crippen LogP contribution is -2.38. The Bertz CT molecular complexity index is 2610. The molecule has 50 heavy (non-hydrogen) atoms. The van der Waals surface area contributed by atoms with Crippen LogP contribution in [0.15, 0.2) is 158 Å². The summed E-state index contributed by atoms with van der Waals surface area (Å²) in [4.78, 5) is 1.38. The van der Waals surface area contributed by atoms with Crippen molar-refractivity contribution in [1.82, 2.24) is 0 Å². The minimum atomic E-state index is -1.14. The van der Waals surface area contributed by atoms with Gasteiger partial charge in [-0.25, -0.2) is 8.78 Å². The molecule has 0 atom stereocenters. The Hall–Kier alpha value is -5.80. The zero-order chi connectivity index (χ0) is 37.7. The minimum absolute atomic E-state index is 0.00191. The van der Waals surface area contributed by atoms with Crippen LogP contribution in [0.2, 0.25) is 0 Å². The molecule has 3 heteroatoms. The van der Waals surface area contributed by atoms with Crippen LogP contribution in [-0.4, -0.2) is 5.54 Å². The first-order valence-corrected chi connectivity index (χ1v) is 16.8. The second-order valence-corrected chi connectivity index (χ2v) is 14.0. The van der Waals surface area contributed by atoms with E-state index >= 15 is 8.78 Å². The highest BCUT2D eigenvalue weighted by atomic mass is 19.1. The fraction of sp³-hybridized carbons (Fsp3) is 0.106. The molecule has 0 bridgehead atoms. The Balaban J connectivity index is 1.38. The van der Waals surface area contributed by atoms with Gasteiger partial charge in [-0.2, -0.15) is 0 Å². The number of hydrogen-bond donors (Lipinski definition) is 0. The van der Waals surface area contributed by atoms with Crippen LogP contribution < -0.4 is 4.90 Å². The monoisotopic (exact) mass is 655 g/mol. The minimum Gasteiger partial charge on any atom is -0.331 e. The molecule has 0 aliphatic heterocycles.